The second-order valence-electron chi connectivity index (χ2n) is 4.91. The van der Waals surface area contributed by atoms with Crippen LogP contribution in [0.4, 0.5) is 0 Å². The molecule has 1 fully saturated rings. The van der Waals surface area contributed by atoms with Crippen LogP contribution in [0.3, 0.4) is 0 Å². The second kappa shape index (κ2) is 5.49. The SMILES string of the molecule is CCc1ccc(C(CC)NCC2CC2)cc1. The van der Waals surface area contributed by atoms with Crippen LogP contribution in [-0.2, 0) is 6.42 Å². The number of hydrogen-bond acceptors (Lipinski definition) is 1. The normalized spacial score (nSPS) is 17.4. The summed E-state index contributed by atoms with van der Waals surface area (Å²) in [6.45, 7) is 5.67. The van der Waals surface area contributed by atoms with Crippen molar-refractivity contribution in [2.24, 2.45) is 5.92 Å². The molecule has 0 aromatic heterocycles. The molecule has 1 atom stereocenters. The molecule has 1 aromatic rings. The maximum absolute atomic E-state index is 3.69. The molecular weight excluding hydrogens is 194 g/mol. The Balaban J connectivity index is 1.94. The predicted octanol–water partition coefficient (Wildman–Crippen LogP) is 3.70. The molecular formula is C15H23N. The van der Waals surface area contributed by atoms with Crippen molar-refractivity contribution < 1.29 is 0 Å². The Labute approximate surface area is 99.3 Å². The van der Waals surface area contributed by atoms with Gasteiger partial charge in [0.15, 0.2) is 0 Å². The van der Waals surface area contributed by atoms with E-state index in [-0.39, 0.29) is 0 Å². The van der Waals surface area contributed by atoms with Crippen molar-refractivity contribution in [3.8, 4) is 0 Å². The summed E-state index contributed by atoms with van der Waals surface area (Å²) in [5.74, 6) is 0.962. The molecule has 0 heterocycles. The van der Waals surface area contributed by atoms with E-state index in [0.717, 1.165) is 12.3 Å². The van der Waals surface area contributed by atoms with Gasteiger partial charge in [-0.1, -0.05) is 38.1 Å². The van der Waals surface area contributed by atoms with Crippen LogP contribution in [0.25, 0.3) is 0 Å². The van der Waals surface area contributed by atoms with Crippen LogP contribution < -0.4 is 5.32 Å². The van der Waals surface area contributed by atoms with Crippen LogP contribution in [0, 0.1) is 5.92 Å². The molecule has 2 rings (SSSR count). The largest absolute Gasteiger partial charge is 0.310 e. The summed E-state index contributed by atoms with van der Waals surface area (Å²) < 4.78 is 0. The van der Waals surface area contributed by atoms with Crippen LogP contribution in [0.5, 0.6) is 0 Å². The molecule has 88 valence electrons. The third-order valence-corrected chi connectivity index (χ3v) is 3.55. The van der Waals surface area contributed by atoms with E-state index < -0.39 is 0 Å². The molecule has 1 aliphatic carbocycles. The lowest BCUT2D eigenvalue weighted by atomic mass is 10.0. The summed E-state index contributed by atoms with van der Waals surface area (Å²) in [6, 6.07) is 9.64. The third kappa shape index (κ3) is 3.08. The van der Waals surface area contributed by atoms with Crippen molar-refractivity contribution in [3.05, 3.63) is 35.4 Å². The van der Waals surface area contributed by atoms with Gasteiger partial charge in [-0.3, -0.25) is 0 Å². The minimum absolute atomic E-state index is 0.548. The molecule has 1 aromatic carbocycles. The van der Waals surface area contributed by atoms with Crippen LogP contribution in [0.2, 0.25) is 0 Å². The number of aryl methyl sites for hydroxylation is 1. The first-order valence-corrected chi connectivity index (χ1v) is 6.65. The number of nitrogens with one attached hydrogen (secondary N) is 1. The Hall–Kier alpha value is -0.820. The maximum Gasteiger partial charge on any atom is 0.0317 e. The Kier molecular flexibility index (Phi) is 4.00. The predicted molar refractivity (Wildman–Crippen MR) is 69.6 cm³/mol. The molecule has 0 saturated heterocycles. The van der Waals surface area contributed by atoms with E-state index in [1.54, 1.807) is 0 Å². The highest BCUT2D eigenvalue weighted by Crippen LogP contribution is 2.29. The van der Waals surface area contributed by atoms with Crippen molar-refractivity contribution in [2.45, 2.75) is 45.6 Å². The maximum atomic E-state index is 3.69. The molecule has 1 aliphatic rings. The van der Waals surface area contributed by atoms with Crippen molar-refractivity contribution in [3.63, 3.8) is 0 Å². The van der Waals surface area contributed by atoms with E-state index >= 15 is 0 Å². The highest BCUT2D eigenvalue weighted by Gasteiger charge is 2.22. The lowest BCUT2D eigenvalue weighted by Crippen LogP contribution is -2.22. The first-order chi connectivity index (χ1) is 7.83. The molecule has 16 heavy (non-hydrogen) atoms. The van der Waals surface area contributed by atoms with Gasteiger partial charge in [0.2, 0.25) is 0 Å². The van der Waals surface area contributed by atoms with Crippen LogP contribution in [0.15, 0.2) is 24.3 Å². The highest BCUT2D eigenvalue weighted by molar-refractivity contribution is 5.25. The molecule has 1 N–H and O–H groups in total. The summed E-state index contributed by atoms with van der Waals surface area (Å²) in [5.41, 5.74) is 2.88. The zero-order valence-corrected chi connectivity index (χ0v) is 10.5. The zero-order valence-electron chi connectivity index (χ0n) is 10.5. The lowest BCUT2D eigenvalue weighted by Gasteiger charge is -2.17. The van der Waals surface area contributed by atoms with Gasteiger partial charge in [-0.2, -0.15) is 0 Å². The minimum Gasteiger partial charge on any atom is -0.310 e. The summed E-state index contributed by atoms with van der Waals surface area (Å²) in [4.78, 5) is 0. The number of hydrogen-bond donors (Lipinski definition) is 1. The van der Waals surface area contributed by atoms with E-state index in [1.165, 1.54) is 36.9 Å². The van der Waals surface area contributed by atoms with Crippen molar-refractivity contribution in [2.75, 3.05) is 6.54 Å². The fourth-order valence-corrected chi connectivity index (χ4v) is 2.11. The van der Waals surface area contributed by atoms with Crippen LogP contribution in [0.1, 0.15) is 50.3 Å². The van der Waals surface area contributed by atoms with Gasteiger partial charge in [-0.25, -0.2) is 0 Å². The molecule has 1 nitrogen and oxygen atoms in total. The molecule has 1 saturated carbocycles. The van der Waals surface area contributed by atoms with Crippen molar-refractivity contribution in [1.29, 1.82) is 0 Å². The topological polar surface area (TPSA) is 12.0 Å². The molecule has 0 radical (unpaired) electrons. The van der Waals surface area contributed by atoms with Gasteiger partial charge in [0.25, 0.3) is 0 Å². The number of benzene rings is 1. The standard InChI is InChI=1S/C15H23N/c1-3-12-7-9-14(10-8-12)15(4-2)16-11-13-5-6-13/h7-10,13,15-16H,3-6,11H2,1-2H3. The quantitative estimate of drug-likeness (QED) is 0.766. The fraction of sp³-hybridized carbons (Fsp3) is 0.600. The molecule has 1 heteroatoms. The Morgan fingerprint density at radius 1 is 1.19 bits per heavy atom. The van der Waals surface area contributed by atoms with Crippen molar-refractivity contribution in [1.82, 2.24) is 5.32 Å². The fourth-order valence-electron chi connectivity index (χ4n) is 2.11. The molecule has 0 spiro atoms. The van der Waals surface area contributed by atoms with Crippen molar-refractivity contribution >= 4 is 0 Å². The molecule has 0 amide bonds. The molecule has 0 aliphatic heterocycles. The Morgan fingerprint density at radius 3 is 2.38 bits per heavy atom. The average molecular weight is 217 g/mol. The summed E-state index contributed by atoms with van der Waals surface area (Å²) >= 11 is 0. The summed E-state index contributed by atoms with van der Waals surface area (Å²) in [6.07, 6.45) is 5.17. The van der Waals surface area contributed by atoms with Gasteiger partial charge in [0.05, 0.1) is 0 Å². The Morgan fingerprint density at radius 2 is 1.88 bits per heavy atom. The lowest BCUT2D eigenvalue weighted by molar-refractivity contribution is 0.502. The molecule has 1 unspecified atom stereocenters. The van der Waals surface area contributed by atoms with E-state index in [0.29, 0.717) is 6.04 Å². The van der Waals surface area contributed by atoms with E-state index in [9.17, 15) is 0 Å². The third-order valence-electron chi connectivity index (χ3n) is 3.55. The Bertz CT molecular complexity index is 311. The van der Waals surface area contributed by atoms with Crippen LogP contribution >= 0.6 is 0 Å². The number of rotatable bonds is 6. The average Bonchev–Trinajstić information content (AvgIpc) is 3.15. The van der Waals surface area contributed by atoms with Gasteiger partial charge in [-0.15, -0.1) is 0 Å². The van der Waals surface area contributed by atoms with Gasteiger partial charge in [0, 0.05) is 6.04 Å². The smallest absolute Gasteiger partial charge is 0.0317 e. The first-order valence-electron chi connectivity index (χ1n) is 6.65. The monoisotopic (exact) mass is 217 g/mol. The summed E-state index contributed by atoms with van der Waals surface area (Å²) in [5, 5.41) is 3.69. The van der Waals surface area contributed by atoms with Crippen LogP contribution in [-0.4, -0.2) is 6.54 Å². The highest BCUT2D eigenvalue weighted by atomic mass is 14.9. The van der Waals surface area contributed by atoms with E-state index in [2.05, 4.69) is 43.4 Å². The van der Waals surface area contributed by atoms with Gasteiger partial charge >= 0.3 is 0 Å². The first kappa shape index (κ1) is 11.7. The van der Waals surface area contributed by atoms with E-state index in [1.807, 2.05) is 0 Å². The zero-order chi connectivity index (χ0) is 11.4. The van der Waals surface area contributed by atoms with Gasteiger partial charge in [-0.05, 0) is 49.3 Å². The summed E-state index contributed by atoms with van der Waals surface area (Å²) in [7, 11) is 0. The van der Waals surface area contributed by atoms with Gasteiger partial charge in [0.1, 0.15) is 0 Å². The van der Waals surface area contributed by atoms with Gasteiger partial charge < -0.3 is 5.32 Å². The van der Waals surface area contributed by atoms with E-state index in [4.69, 9.17) is 0 Å². The minimum atomic E-state index is 0.548. The molecule has 0 bridgehead atoms. The second-order valence-corrected chi connectivity index (χ2v) is 4.91.